The minimum atomic E-state index is -0.127. The predicted octanol–water partition coefficient (Wildman–Crippen LogP) is 4.03. The van der Waals surface area contributed by atoms with Crippen LogP contribution in [0.4, 0.5) is 5.13 Å². The van der Waals surface area contributed by atoms with E-state index in [0.717, 1.165) is 28.2 Å². The second-order valence-corrected chi connectivity index (χ2v) is 7.51. The lowest BCUT2D eigenvalue weighted by Gasteiger charge is -2.06. The number of nitrogens with zero attached hydrogens (tertiary/aromatic N) is 3. The number of amides is 1. The van der Waals surface area contributed by atoms with Crippen molar-refractivity contribution in [1.29, 1.82) is 0 Å². The van der Waals surface area contributed by atoms with E-state index in [9.17, 15) is 4.79 Å². The Hall–Kier alpha value is -1.73. The summed E-state index contributed by atoms with van der Waals surface area (Å²) in [4.78, 5) is 12.5. The summed E-state index contributed by atoms with van der Waals surface area (Å²) >= 11 is 3.09. The fourth-order valence-corrected chi connectivity index (χ4v) is 4.17. The minimum absolute atomic E-state index is 0.127. The summed E-state index contributed by atoms with van der Waals surface area (Å²) in [6, 6.07) is 3.99. The average molecular weight is 334 g/mol. The Kier molecular flexibility index (Phi) is 4.26. The van der Waals surface area contributed by atoms with Gasteiger partial charge in [-0.05, 0) is 30.4 Å². The Morgan fingerprint density at radius 1 is 1.41 bits per heavy atom. The number of carbonyl (C=O) groups is 1. The van der Waals surface area contributed by atoms with Gasteiger partial charge >= 0.3 is 0 Å². The number of fused-ring (bicyclic) bond motifs is 1. The van der Waals surface area contributed by atoms with Crippen molar-refractivity contribution in [1.82, 2.24) is 14.8 Å². The Labute approximate surface area is 137 Å². The van der Waals surface area contributed by atoms with Gasteiger partial charge < -0.3 is 4.57 Å². The zero-order chi connectivity index (χ0) is 15.7. The maximum atomic E-state index is 12.5. The fourth-order valence-electron chi connectivity index (χ4n) is 2.40. The smallest absolute Gasteiger partial charge is 0.274 e. The van der Waals surface area contributed by atoms with E-state index in [2.05, 4.69) is 29.4 Å². The monoisotopic (exact) mass is 334 g/mol. The van der Waals surface area contributed by atoms with Crippen LogP contribution in [-0.2, 0) is 13.0 Å². The van der Waals surface area contributed by atoms with Crippen LogP contribution in [-0.4, -0.2) is 20.7 Å². The lowest BCUT2D eigenvalue weighted by atomic mass is 10.1. The van der Waals surface area contributed by atoms with Crippen molar-refractivity contribution < 1.29 is 4.79 Å². The van der Waals surface area contributed by atoms with Crippen LogP contribution in [0.25, 0.3) is 10.2 Å². The molecule has 0 bridgehead atoms. The maximum absolute atomic E-state index is 12.5. The van der Waals surface area contributed by atoms with Gasteiger partial charge in [0, 0.05) is 13.0 Å². The molecule has 1 amide bonds. The number of aryl methyl sites for hydroxylation is 1. The van der Waals surface area contributed by atoms with Gasteiger partial charge in [-0.25, -0.2) is 0 Å². The van der Waals surface area contributed by atoms with Crippen LogP contribution in [0.15, 0.2) is 17.5 Å². The molecule has 5 nitrogen and oxygen atoms in total. The number of rotatable bonds is 5. The van der Waals surface area contributed by atoms with E-state index >= 15 is 0 Å². The topological polar surface area (TPSA) is 59.8 Å². The molecule has 0 fully saturated rings. The molecule has 0 saturated carbocycles. The normalized spacial score (nSPS) is 11.5. The van der Waals surface area contributed by atoms with Crippen molar-refractivity contribution in [2.75, 3.05) is 5.32 Å². The lowest BCUT2D eigenvalue weighted by molar-refractivity contribution is 0.101. The number of nitrogens with one attached hydrogen (secondary N) is 1. The van der Waals surface area contributed by atoms with Gasteiger partial charge in [0.2, 0.25) is 5.13 Å². The van der Waals surface area contributed by atoms with Gasteiger partial charge in [-0.15, -0.1) is 21.5 Å². The van der Waals surface area contributed by atoms with Gasteiger partial charge in [0.25, 0.3) is 5.91 Å². The van der Waals surface area contributed by atoms with Crippen LogP contribution in [0.3, 0.4) is 0 Å². The van der Waals surface area contributed by atoms with Crippen LogP contribution < -0.4 is 5.32 Å². The summed E-state index contributed by atoms with van der Waals surface area (Å²) in [5.74, 6) is 0.401. The molecule has 1 N–H and O–H groups in total. The van der Waals surface area contributed by atoms with Crippen LogP contribution >= 0.6 is 22.7 Å². The zero-order valence-electron chi connectivity index (χ0n) is 12.8. The van der Waals surface area contributed by atoms with E-state index in [1.807, 2.05) is 29.0 Å². The van der Waals surface area contributed by atoms with Crippen molar-refractivity contribution in [3.05, 3.63) is 28.2 Å². The van der Waals surface area contributed by atoms with Gasteiger partial charge in [0.15, 0.2) is 0 Å². The number of carbonyl (C=O) groups excluding carboxylic acids is 1. The summed E-state index contributed by atoms with van der Waals surface area (Å²) < 4.78 is 3.15. The largest absolute Gasteiger partial charge is 0.336 e. The molecular weight excluding hydrogens is 316 g/mol. The van der Waals surface area contributed by atoms with E-state index in [1.165, 1.54) is 11.3 Å². The third-order valence-electron chi connectivity index (χ3n) is 3.34. The molecule has 3 heterocycles. The third kappa shape index (κ3) is 2.91. The van der Waals surface area contributed by atoms with E-state index in [1.54, 1.807) is 11.3 Å². The third-order valence-corrected chi connectivity index (χ3v) is 5.06. The zero-order valence-corrected chi connectivity index (χ0v) is 14.4. The molecule has 0 aliphatic heterocycles. The van der Waals surface area contributed by atoms with E-state index < -0.39 is 0 Å². The van der Waals surface area contributed by atoms with E-state index in [0.29, 0.717) is 16.7 Å². The molecule has 22 heavy (non-hydrogen) atoms. The Bertz CT molecular complexity index is 800. The number of aromatic nitrogens is 3. The molecule has 0 aliphatic carbocycles. The summed E-state index contributed by atoms with van der Waals surface area (Å²) in [5.41, 5.74) is 1.78. The van der Waals surface area contributed by atoms with Crippen molar-refractivity contribution in [2.45, 2.75) is 33.7 Å². The molecule has 0 aliphatic rings. The molecular formula is C15H18N4OS2. The number of anilines is 1. The Balaban J connectivity index is 1.81. The summed E-state index contributed by atoms with van der Waals surface area (Å²) in [7, 11) is 0. The van der Waals surface area contributed by atoms with Gasteiger partial charge in [-0.2, -0.15) is 0 Å². The standard InChI is InChI=1S/C15H18N4OS2/c1-4-19-10-5-6-21-12(10)8-11(19)14(20)16-15-18-17-13(22-15)7-9(2)3/h5-6,8-9H,4,7H2,1-3H3,(H,16,18,20). The Morgan fingerprint density at radius 3 is 2.95 bits per heavy atom. The van der Waals surface area contributed by atoms with Crippen LogP contribution in [0.5, 0.6) is 0 Å². The molecule has 3 aromatic heterocycles. The maximum Gasteiger partial charge on any atom is 0.274 e. The van der Waals surface area contributed by atoms with Gasteiger partial charge in [-0.3, -0.25) is 10.1 Å². The van der Waals surface area contributed by atoms with Gasteiger partial charge in [0.1, 0.15) is 10.7 Å². The number of hydrogen-bond donors (Lipinski definition) is 1. The predicted molar refractivity (Wildman–Crippen MR) is 91.9 cm³/mol. The first-order valence-electron chi connectivity index (χ1n) is 7.29. The van der Waals surface area contributed by atoms with Crippen molar-refractivity contribution >= 4 is 43.9 Å². The molecule has 0 saturated heterocycles. The number of hydrogen-bond acceptors (Lipinski definition) is 5. The van der Waals surface area contributed by atoms with Gasteiger partial charge in [-0.1, -0.05) is 25.2 Å². The minimum Gasteiger partial charge on any atom is -0.336 e. The molecule has 116 valence electrons. The fraction of sp³-hybridized carbons (Fsp3) is 0.400. The molecule has 7 heteroatoms. The first-order valence-corrected chi connectivity index (χ1v) is 8.98. The van der Waals surface area contributed by atoms with Crippen molar-refractivity contribution in [3.8, 4) is 0 Å². The molecule has 0 radical (unpaired) electrons. The highest BCUT2D eigenvalue weighted by Gasteiger charge is 2.17. The highest BCUT2D eigenvalue weighted by molar-refractivity contribution is 7.17. The SMILES string of the molecule is CCn1c(C(=O)Nc2nnc(CC(C)C)s2)cc2sccc21. The average Bonchev–Trinajstić information content (AvgIpc) is 3.12. The van der Waals surface area contributed by atoms with E-state index in [-0.39, 0.29) is 5.91 Å². The second kappa shape index (κ2) is 6.18. The van der Waals surface area contributed by atoms with Gasteiger partial charge in [0.05, 0.1) is 10.2 Å². The molecule has 3 rings (SSSR count). The molecule has 0 aromatic carbocycles. The highest BCUT2D eigenvalue weighted by Crippen LogP contribution is 2.26. The Morgan fingerprint density at radius 2 is 2.23 bits per heavy atom. The lowest BCUT2D eigenvalue weighted by Crippen LogP contribution is -2.16. The quantitative estimate of drug-likeness (QED) is 0.766. The van der Waals surface area contributed by atoms with E-state index in [4.69, 9.17) is 0 Å². The molecule has 3 aromatic rings. The highest BCUT2D eigenvalue weighted by atomic mass is 32.1. The molecule has 0 spiro atoms. The summed E-state index contributed by atoms with van der Waals surface area (Å²) in [6.45, 7) is 7.08. The summed E-state index contributed by atoms with van der Waals surface area (Å²) in [5, 5.41) is 14.6. The van der Waals surface area contributed by atoms with Crippen molar-refractivity contribution in [2.24, 2.45) is 5.92 Å². The molecule has 0 atom stereocenters. The van der Waals surface area contributed by atoms with Crippen molar-refractivity contribution in [3.63, 3.8) is 0 Å². The van der Waals surface area contributed by atoms with Crippen LogP contribution in [0.1, 0.15) is 36.3 Å². The first kappa shape index (κ1) is 15.2. The van der Waals surface area contributed by atoms with Crippen LogP contribution in [0.2, 0.25) is 0 Å². The molecule has 0 unspecified atom stereocenters. The summed E-state index contributed by atoms with van der Waals surface area (Å²) in [6.07, 6.45) is 0.884. The first-order chi connectivity index (χ1) is 10.6. The second-order valence-electron chi connectivity index (χ2n) is 5.50. The van der Waals surface area contributed by atoms with Crippen LogP contribution in [0, 0.1) is 5.92 Å². The number of thiophene rings is 1.